The maximum absolute atomic E-state index is 14.1. The Labute approximate surface area is 158 Å². The van der Waals surface area contributed by atoms with E-state index in [4.69, 9.17) is 14.7 Å². The number of ether oxygens (including phenoxy) is 2. The molecule has 0 atom stereocenters. The van der Waals surface area contributed by atoms with Crippen molar-refractivity contribution >= 4 is 11.7 Å². The van der Waals surface area contributed by atoms with Crippen molar-refractivity contribution < 1.29 is 18.7 Å². The van der Waals surface area contributed by atoms with Gasteiger partial charge in [-0.15, -0.1) is 0 Å². The Morgan fingerprint density at radius 1 is 1.26 bits per heavy atom. The number of methoxy groups -OCH3 is 2. The maximum Gasteiger partial charge on any atom is 0.322 e. The number of benzene rings is 2. The molecule has 0 heterocycles. The lowest BCUT2D eigenvalue weighted by Crippen LogP contribution is -2.36. The molecule has 0 bridgehead atoms. The van der Waals surface area contributed by atoms with Gasteiger partial charge >= 0.3 is 6.03 Å². The minimum Gasteiger partial charge on any atom is -0.497 e. The van der Waals surface area contributed by atoms with Crippen LogP contribution in [0.2, 0.25) is 0 Å². The van der Waals surface area contributed by atoms with E-state index < -0.39 is 11.8 Å². The van der Waals surface area contributed by atoms with E-state index in [2.05, 4.69) is 5.32 Å². The highest BCUT2D eigenvalue weighted by Gasteiger charge is 2.16. The molecule has 6 nitrogen and oxygen atoms in total. The van der Waals surface area contributed by atoms with Crippen molar-refractivity contribution in [2.24, 2.45) is 0 Å². The molecule has 0 aliphatic heterocycles. The van der Waals surface area contributed by atoms with Crippen LogP contribution < -0.4 is 10.1 Å². The fourth-order valence-corrected chi connectivity index (χ4v) is 2.52. The SMILES string of the molecule is COCCCN(Cc1cccc(OC)c1)C(=O)Nc1ccc(C#N)cc1F. The number of hydrogen-bond donors (Lipinski definition) is 1. The van der Waals surface area contributed by atoms with Crippen LogP contribution in [0.15, 0.2) is 42.5 Å². The van der Waals surface area contributed by atoms with E-state index in [-0.39, 0.29) is 11.3 Å². The second kappa shape index (κ2) is 10.1. The first kappa shape index (κ1) is 20.2. The van der Waals surface area contributed by atoms with E-state index in [0.29, 0.717) is 31.9 Å². The van der Waals surface area contributed by atoms with Gasteiger partial charge in [-0.05, 0) is 42.3 Å². The Kier molecular flexibility index (Phi) is 7.59. The molecule has 0 saturated heterocycles. The standard InChI is InChI=1S/C20H22FN3O3/c1-26-10-4-9-24(14-16-5-3-6-17(11-16)27-2)20(25)23-19-8-7-15(13-22)12-18(19)21/h3,5-8,11-12H,4,9-10,14H2,1-2H3,(H,23,25). The van der Waals surface area contributed by atoms with Crippen molar-refractivity contribution in [2.45, 2.75) is 13.0 Å². The number of hydrogen-bond acceptors (Lipinski definition) is 4. The van der Waals surface area contributed by atoms with Gasteiger partial charge in [0.05, 0.1) is 24.4 Å². The maximum atomic E-state index is 14.1. The van der Waals surface area contributed by atoms with Crippen LogP contribution in [0, 0.1) is 17.1 Å². The lowest BCUT2D eigenvalue weighted by atomic mass is 10.2. The third-order valence-electron chi connectivity index (χ3n) is 3.91. The number of halogens is 1. The largest absolute Gasteiger partial charge is 0.497 e. The summed E-state index contributed by atoms with van der Waals surface area (Å²) in [5.41, 5.74) is 1.11. The van der Waals surface area contributed by atoms with Gasteiger partial charge in [-0.1, -0.05) is 12.1 Å². The Hall–Kier alpha value is -3.11. The molecule has 7 heteroatoms. The molecule has 0 radical (unpaired) electrons. The number of nitrogens with zero attached hydrogens (tertiary/aromatic N) is 2. The van der Waals surface area contributed by atoms with Crippen LogP contribution in [0.1, 0.15) is 17.5 Å². The van der Waals surface area contributed by atoms with Crippen LogP contribution in [-0.4, -0.2) is 38.3 Å². The zero-order chi connectivity index (χ0) is 19.6. The molecular formula is C20H22FN3O3. The van der Waals surface area contributed by atoms with E-state index in [1.807, 2.05) is 30.3 Å². The lowest BCUT2D eigenvalue weighted by Gasteiger charge is -2.23. The number of anilines is 1. The molecule has 2 aromatic rings. The van der Waals surface area contributed by atoms with Gasteiger partial charge < -0.3 is 19.7 Å². The van der Waals surface area contributed by atoms with E-state index in [1.165, 1.54) is 12.1 Å². The zero-order valence-corrected chi connectivity index (χ0v) is 15.4. The van der Waals surface area contributed by atoms with Gasteiger partial charge in [0.15, 0.2) is 0 Å². The number of amides is 2. The summed E-state index contributed by atoms with van der Waals surface area (Å²) in [6, 6.07) is 12.8. The number of nitrogens with one attached hydrogen (secondary N) is 1. The second-order valence-electron chi connectivity index (χ2n) is 5.86. The second-order valence-corrected chi connectivity index (χ2v) is 5.86. The van der Waals surface area contributed by atoms with E-state index in [1.54, 1.807) is 19.1 Å². The van der Waals surface area contributed by atoms with Crippen LogP contribution in [0.4, 0.5) is 14.9 Å². The number of carbonyl (C=O) groups is 1. The fraction of sp³-hybridized carbons (Fsp3) is 0.300. The summed E-state index contributed by atoms with van der Waals surface area (Å²) in [6.45, 7) is 1.28. The van der Waals surface area contributed by atoms with Gasteiger partial charge in [-0.3, -0.25) is 0 Å². The normalized spacial score (nSPS) is 10.1. The molecule has 0 aliphatic rings. The first-order valence-electron chi connectivity index (χ1n) is 8.45. The van der Waals surface area contributed by atoms with Crippen molar-refractivity contribution in [3.63, 3.8) is 0 Å². The fourth-order valence-electron chi connectivity index (χ4n) is 2.52. The number of urea groups is 1. The van der Waals surface area contributed by atoms with Crippen molar-refractivity contribution in [3.05, 3.63) is 59.4 Å². The third-order valence-corrected chi connectivity index (χ3v) is 3.91. The van der Waals surface area contributed by atoms with Crippen LogP contribution in [-0.2, 0) is 11.3 Å². The minimum absolute atomic E-state index is 0.0291. The highest BCUT2D eigenvalue weighted by atomic mass is 19.1. The summed E-state index contributed by atoms with van der Waals surface area (Å²) in [7, 11) is 3.18. The van der Waals surface area contributed by atoms with E-state index in [0.717, 1.165) is 11.6 Å². The Bertz CT molecular complexity index is 820. The van der Waals surface area contributed by atoms with E-state index in [9.17, 15) is 9.18 Å². The molecule has 27 heavy (non-hydrogen) atoms. The first-order chi connectivity index (χ1) is 13.1. The van der Waals surface area contributed by atoms with Gasteiger partial charge in [0.1, 0.15) is 11.6 Å². The summed E-state index contributed by atoms with van der Waals surface area (Å²) in [5.74, 6) is 0.0449. The summed E-state index contributed by atoms with van der Waals surface area (Å²) in [6.07, 6.45) is 0.643. The quantitative estimate of drug-likeness (QED) is 0.717. The zero-order valence-electron chi connectivity index (χ0n) is 15.4. The van der Waals surface area contributed by atoms with Crippen molar-refractivity contribution in [1.82, 2.24) is 4.90 Å². The van der Waals surface area contributed by atoms with Gasteiger partial charge in [0.2, 0.25) is 0 Å². The summed E-state index contributed by atoms with van der Waals surface area (Å²) in [5, 5.41) is 11.4. The smallest absolute Gasteiger partial charge is 0.322 e. The van der Waals surface area contributed by atoms with Crippen LogP contribution in [0.25, 0.3) is 0 Å². The van der Waals surface area contributed by atoms with Gasteiger partial charge in [-0.25, -0.2) is 9.18 Å². The summed E-state index contributed by atoms with van der Waals surface area (Å²) in [4.78, 5) is 14.3. The molecule has 2 aromatic carbocycles. The molecule has 0 spiro atoms. The molecule has 0 unspecified atom stereocenters. The third kappa shape index (κ3) is 5.97. The molecule has 0 aromatic heterocycles. The molecule has 2 rings (SSSR count). The molecule has 0 aliphatic carbocycles. The Morgan fingerprint density at radius 3 is 2.74 bits per heavy atom. The number of nitriles is 1. The highest BCUT2D eigenvalue weighted by Crippen LogP contribution is 2.18. The van der Waals surface area contributed by atoms with Crippen LogP contribution in [0.3, 0.4) is 0 Å². The minimum atomic E-state index is -0.652. The van der Waals surface area contributed by atoms with Crippen molar-refractivity contribution in [3.8, 4) is 11.8 Å². The number of rotatable bonds is 8. The summed E-state index contributed by atoms with van der Waals surface area (Å²) < 4.78 is 24.3. The monoisotopic (exact) mass is 371 g/mol. The van der Waals surface area contributed by atoms with Crippen LogP contribution in [0.5, 0.6) is 5.75 Å². The first-order valence-corrected chi connectivity index (χ1v) is 8.45. The van der Waals surface area contributed by atoms with Gasteiger partial charge in [-0.2, -0.15) is 5.26 Å². The van der Waals surface area contributed by atoms with E-state index >= 15 is 0 Å². The van der Waals surface area contributed by atoms with Gasteiger partial charge in [0.25, 0.3) is 0 Å². The average molecular weight is 371 g/mol. The summed E-state index contributed by atoms with van der Waals surface area (Å²) >= 11 is 0. The predicted octanol–water partition coefficient (Wildman–Crippen LogP) is 3.78. The Balaban J connectivity index is 2.14. The van der Waals surface area contributed by atoms with Gasteiger partial charge in [0, 0.05) is 26.8 Å². The molecule has 2 amide bonds. The average Bonchev–Trinajstić information content (AvgIpc) is 2.69. The molecule has 0 fully saturated rings. The number of carbonyl (C=O) groups excluding carboxylic acids is 1. The molecule has 1 N–H and O–H groups in total. The highest BCUT2D eigenvalue weighted by molar-refractivity contribution is 5.89. The van der Waals surface area contributed by atoms with Crippen molar-refractivity contribution in [1.29, 1.82) is 5.26 Å². The Morgan fingerprint density at radius 2 is 2.07 bits per heavy atom. The lowest BCUT2D eigenvalue weighted by molar-refractivity contribution is 0.171. The van der Waals surface area contributed by atoms with Crippen LogP contribution >= 0.6 is 0 Å². The topological polar surface area (TPSA) is 74.6 Å². The molecular weight excluding hydrogens is 349 g/mol. The molecule has 0 saturated carbocycles. The van der Waals surface area contributed by atoms with Crippen molar-refractivity contribution in [2.75, 3.05) is 32.7 Å². The molecule has 142 valence electrons. The predicted molar refractivity (Wildman–Crippen MR) is 100 cm³/mol.